The predicted molar refractivity (Wildman–Crippen MR) is 101 cm³/mol. The van der Waals surface area contributed by atoms with Crippen molar-refractivity contribution in [3.63, 3.8) is 0 Å². The van der Waals surface area contributed by atoms with Crippen LogP contribution in [0.5, 0.6) is 5.75 Å². The molecule has 1 aromatic carbocycles. The summed E-state index contributed by atoms with van der Waals surface area (Å²) in [6.45, 7) is 7.58. The molecule has 0 unspecified atom stereocenters. The molecule has 5 nitrogen and oxygen atoms in total. The van der Waals surface area contributed by atoms with E-state index >= 15 is 0 Å². The van der Waals surface area contributed by atoms with Crippen LogP contribution in [0.3, 0.4) is 0 Å². The van der Waals surface area contributed by atoms with E-state index in [2.05, 4.69) is 40.9 Å². The molecule has 0 amide bonds. The molecule has 2 aromatic rings. The number of rotatable bonds is 8. The lowest BCUT2D eigenvalue weighted by Crippen LogP contribution is -2.36. The number of aromatic nitrogens is 2. The predicted octanol–water partition coefficient (Wildman–Crippen LogP) is 3.44. The van der Waals surface area contributed by atoms with Crippen molar-refractivity contribution in [2.24, 2.45) is 5.92 Å². The molecule has 4 rings (SSSR count). The van der Waals surface area contributed by atoms with Gasteiger partial charge in [-0.05, 0) is 43.4 Å². The highest BCUT2D eigenvalue weighted by Gasteiger charge is 2.31. The second-order valence-corrected chi connectivity index (χ2v) is 7.56. The van der Waals surface area contributed by atoms with E-state index in [1.807, 2.05) is 6.07 Å². The Morgan fingerprint density at radius 2 is 2.15 bits per heavy atom. The SMILES string of the molecule is CCOC[C@@H]1CN(Cc2cccc(OC)c2)Cc2cnn(CC3CC3)c21. The van der Waals surface area contributed by atoms with Gasteiger partial charge in [-0.3, -0.25) is 9.58 Å². The Morgan fingerprint density at radius 1 is 1.27 bits per heavy atom. The fourth-order valence-corrected chi connectivity index (χ4v) is 3.96. The fourth-order valence-electron chi connectivity index (χ4n) is 3.96. The number of ether oxygens (including phenoxy) is 2. The smallest absolute Gasteiger partial charge is 0.119 e. The van der Waals surface area contributed by atoms with Crippen molar-refractivity contribution in [2.45, 2.75) is 45.3 Å². The van der Waals surface area contributed by atoms with Gasteiger partial charge in [0.25, 0.3) is 0 Å². The zero-order valence-electron chi connectivity index (χ0n) is 15.9. The summed E-state index contributed by atoms with van der Waals surface area (Å²) in [7, 11) is 1.72. The summed E-state index contributed by atoms with van der Waals surface area (Å²) in [6, 6.07) is 8.36. The minimum absolute atomic E-state index is 0.394. The topological polar surface area (TPSA) is 39.5 Å². The molecular weight excluding hydrogens is 326 g/mol. The van der Waals surface area contributed by atoms with Gasteiger partial charge in [0.15, 0.2) is 0 Å². The maximum absolute atomic E-state index is 5.82. The number of hydrogen-bond donors (Lipinski definition) is 0. The van der Waals surface area contributed by atoms with Crippen LogP contribution in [0.2, 0.25) is 0 Å². The molecule has 1 atom stereocenters. The van der Waals surface area contributed by atoms with Crippen LogP contribution < -0.4 is 4.74 Å². The molecule has 26 heavy (non-hydrogen) atoms. The molecule has 1 aliphatic carbocycles. The molecule has 1 aliphatic heterocycles. The summed E-state index contributed by atoms with van der Waals surface area (Å²) in [5, 5.41) is 4.72. The molecule has 2 aliphatic rings. The number of methoxy groups -OCH3 is 1. The molecule has 0 saturated heterocycles. The van der Waals surface area contributed by atoms with Crippen molar-refractivity contribution < 1.29 is 9.47 Å². The Hall–Kier alpha value is -1.85. The first-order valence-electron chi connectivity index (χ1n) is 9.74. The van der Waals surface area contributed by atoms with E-state index in [1.54, 1.807) is 7.11 Å². The Bertz CT molecular complexity index is 739. The Balaban J connectivity index is 1.52. The van der Waals surface area contributed by atoms with E-state index < -0.39 is 0 Å². The lowest BCUT2D eigenvalue weighted by molar-refractivity contribution is 0.102. The fraction of sp³-hybridized carbons (Fsp3) is 0.571. The standard InChI is InChI=1S/C21H29N3O2/c1-3-26-15-19-14-23(11-17-5-4-6-20(9-17)25-2)13-18-10-22-24(21(18)19)12-16-7-8-16/h4-6,9-10,16,19H,3,7-8,11-15H2,1-2H3/t19-/m0/s1. The van der Waals surface area contributed by atoms with Gasteiger partial charge in [-0.1, -0.05) is 12.1 Å². The van der Waals surface area contributed by atoms with Gasteiger partial charge in [0.1, 0.15) is 5.75 Å². The lowest BCUT2D eigenvalue weighted by Gasteiger charge is -2.33. The summed E-state index contributed by atoms with van der Waals surface area (Å²) in [5.41, 5.74) is 4.06. The third kappa shape index (κ3) is 3.94. The summed E-state index contributed by atoms with van der Waals surface area (Å²) >= 11 is 0. The van der Waals surface area contributed by atoms with Crippen molar-refractivity contribution in [1.82, 2.24) is 14.7 Å². The van der Waals surface area contributed by atoms with Crippen molar-refractivity contribution in [1.29, 1.82) is 0 Å². The average Bonchev–Trinajstić information content (AvgIpc) is 3.39. The first kappa shape index (κ1) is 17.6. The van der Waals surface area contributed by atoms with Crippen LogP contribution in [0.15, 0.2) is 30.5 Å². The van der Waals surface area contributed by atoms with Crippen molar-refractivity contribution in [3.05, 3.63) is 47.3 Å². The van der Waals surface area contributed by atoms with Gasteiger partial charge in [0.05, 0.1) is 19.9 Å². The molecule has 0 N–H and O–H groups in total. The molecule has 5 heteroatoms. The molecule has 1 aromatic heterocycles. The number of benzene rings is 1. The number of nitrogens with zero attached hydrogens (tertiary/aromatic N) is 3. The van der Waals surface area contributed by atoms with Crippen LogP contribution in [0, 0.1) is 5.92 Å². The van der Waals surface area contributed by atoms with Gasteiger partial charge in [-0.15, -0.1) is 0 Å². The summed E-state index contributed by atoms with van der Waals surface area (Å²) < 4.78 is 13.5. The van der Waals surface area contributed by atoms with Crippen LogP contribution in [0.1, 0.15) is 42.5 Å². The van der Waals surface area contributed by atoms with E-state index in [1.165, 1.54) is 29.7 Å². The highest BCUT2D eigenvalue weighted by molar-refractivity contribution is 5.30. The monoisotopic (exact) mass is 355 g/mol. The third-order valence-electron chi connectivity index (χ3n) is 5.41. The van der Waals surface area contributed by atoms with E-state index in [4.69, 9.17) is 14.6 Å². The van der Waals surface area contributed by atoms with Gasteiger partial charge in [-0.2, -0.15) is 5.10 Å². The van der Waals surface area contributed by atoms with Crippen molar-refractivity contribution in [3.8, 4) is 5.75 Å². The maximum Gasteiger partial charge on any atom is 0.119 e. The number of fused-ring (bicyclic) bond motifs is 1. The number of hydrogen-bond acceptors (Lipinski definition) is 4. The molecular formula is C21H29N3O2. The molecule has 2 heterocycles. The molecule has 1 fully saturated rings. The highest BCUT2D eigenvalue weighted by atomic mass is 16.5. The van der Waals surface area contributed by atoms with Gasteiger partial charge >= 0.3 is 0 Å². The minimum atomic E-state index is 0.394. The molecule has 0 bridgehead atoms. The van der Waals surface area contributed by atoms with Gasteiger partial charge in [0.2, 0.25) is 0 Å². The normalized spacial score (nSPS) is 20.2. The lowest BCUT2D eigenvalue weighted by atomic mass is 9.96. The van der Waals surface area contributed by atoms with E-state index in [0.717, 1.165) is 51.1 Å². The molecule has 0 spiro atoms. The van der Waals surface area contributed by atoms with Gasteiger partial charge < -0.3 is 9.47 Å². The molecule has 0 radical (unpaired) electrons. The van der Waals surface area contributed by atoms with Crippen LogP contribution >= 0.6 is 0 Å². The van der Waals surface area contributed by atoms with Crippen LogP contribution in [0.25, 0.3) is 0 Å². The first-order chi connectivity index (χ1) is 12.8. The quantitative estimate of drug-likeness (QED) is 0.727. The minimum Gasteiger partial charge on any atom is -0.497 e. The Labute approximate surface area is 155 Å². The maximum atomic E-state index is 5.82. The highest BCUT2D eigenvalue weighted by Crippen LogP contribution is 2.35. The Kier molecular flexibility index (Phi) is 5.27. The van der Waals surface area contributed by atoms with Gasteiger partial charge in [0, 0.05) is 50.0 Å². The van der Waals surface area contributed by atoms with Crippen LogP contribution in [-0.4, -0.2) is 41.5 Å². The average molecular weight is 355 g/mol. The second kappa shape index (κ2) is 7.80. The second-order valence-electron chi connectivity index (χ2n) is 7.56. The molecule has 140 valence electrons. The zero-order valence-corrected chi connectivity index (χ0v) is 15.9. The van der Waals surface area contributed by atoms with E-state index in [9.17, 15) is 0 Å². The summed E-state index contributed by atoms with van der Waals surface area (Å²) in [4.78, 5) is 2.50. The van der Waals surface area contributed by atoms with E-state index in [0.29, 0.717) is 5.92 Å². The summed E-state index contributed by atoms with van der Waals surface area (Å²) in [6.07, 6.45) is 4.79. The van der Waals surface area contributed by atoms with Crippen molar-refractivity contribution >= 4 is 0 Å². The van der Waals surface area contributed by atoms with E-state index in [-0.39, 0.29) is 0 Å². The third-order valence-corrected chi connectivity index (χ3v) is 5.41. The van der Waals surface area contributed by atoms with Crippen LogP contribution in [-0.2, 0) is 24.4 Å². The largest absolute Gasteiger partial charge is 0.497 e. The van der Waals surface area contributed by atoms with Crippen molar-refractivity contribution in [2.75, 3.05) is 26.9 Å². The summed E-state index contributed by atoms with van der Waals surface area (Å²) in [5.74, 6) is 2.15. The Morgan fingerprint density at radius 3 is 2.92 bits per heavy atom. The van der Waals surface area contributed by atoms with Crippen LogP contribution in [0.4, 0.5) is 0 Å². The van der Waals surface area contributed by atoms with Gasteiger partial charge in [-0.25, -0.2) is 0 Å². The first-order valence-corrected chi connectivity index (χ1v) is 9.74. The zero-order chi connectivity index (χ0) is 17.9. The molecule has 1 saturated carbocycles.